The topological polar surface area (TPSA) is 47.3 Å². The van der Waals surface area contributed by atoms with Crippen molar-refractivity contribution >= 4 is 27.5 Å². The quantitative estimate of drug-likeness (QED) is 0.937. The van der Waals surface area contributed by atoms with E-state index >= 15 is 0 Å². The van der Waals surface area contributed by atoms with E-state index in [4.69, 9.17) is 21.4 Å². The second-order valence-corrected chi connectivity index (χ2v) is 5.00. The van der Waals surface area contributed by atoms with Gasteiger partial charge in [0.2, 0.25) is 0 Å². The Hall–Kier alpha value is -1.04. The van der Waals surface area contributed by atoms with Gasteiger partial charge in [-0.05, 0) is 23.8 Å². The molecule has 1 aromatic carbocycles. The number of halogens is 2. The van der Waals surface area contributed by atoms with E-state index in [1.165, 1.54) is 0 Å². The lowest BCUT2D eigenvalue weighted by atomic mass is 10.2. The van der Waals surface area contributed by atoms with E-state index in [-0.39, 0.29) is 6.61 Å². The zero-order chi connectivity index (χ0) is 13.1. The fraction of sp³-hybridized carbons (Fsp3) is 0.250. The summed E-state index contributed by atoms with van der Waals surface area (Å²) in [5.74, 6) is 1.43. The number of rotatable bonds is 4. The number of hydrogen-bond donors (Lipinski definition) is 1. The molecule has 96 valence electrons. The Kier molecular flexibility index (Phi) is 4.27. The van der Waals surface area contributed by atoms with E-state index in [1.54, 1.807) is 16.8 Å². The van der Waals surface area contributed by atoms with E-state index in [1.807, 2.05) is 19.2 Å². The van der Waals surface area contributed by atoms with Crippen LogP contribution in [0, 0.1) is 0 Å². The fourth-order valence-electron chi connectivity index (χ4n) is 1.47. The predicted molar refractivity (Wildman–Crippen MR) is 72.6 cm³/mol. The summed E-state index contributed by atoms with van der Waals surface area (Å²) in [4.78, 5) is 4.14. The summed E-state index contributed by atoms with van der Waals surface area (Å²) < 4.78 is 8.23. The minimum absolute atomic E-state index is 0.0357. The number of imidazole rings is 1. The first-order valence-corrected chi connectivity index (χ1v) is 6.47. The van der Waals surface area contributed by atoms with Gasteiger partial charge in [0.15, 0.2) is 0 Å². The van der Waals surface area contributed by atoms with Crippen LogP contribution in [-0.2, 0) is 20.3 Å². The van der Waals surface area contributed by atoms with Crippen LogP contribution in [-0.4, -0.2) is 14.7 Å². The Morgan fingerprint density at radius 3 is 2.89 bits per heavy atom. The Morgan fingerprint density at radius 1 is 1.50 bits per heavy atom. The summed E-state index contributed by atoms with van der Waals surface area (Å²) in [6.07, 6.45) is 1.58. The lowest BCUT2D eigenvalue weighted by Crippen LogP contribution is -2.03. The van der Waals surface area contributed by atoms with Crippen LogP contribution >= 0.6 is 27.5 Å². The normalized spacial score (nSPS) is 10.7. The van der Waals surface area contributed by atoms with Gasteiger partial charge in [0.05, 0.1) is 12.8 Å². The van der Waals surface area contributed by atoms with Gasteiger partial charge in [-0.25, -0.2) is 4.98 Å². The largest absolute Gasteiger partial charge is 0.486 e. The Bertz CT molecular complexity index is 557. The van der Waals surface area contributed by atoms with E-state index in [0.717, 1.165) is 15.9 Å². The molecule has 0 aliphatic heterocycles. The highest BCUT2D eigenvalue weighted by Crippen LogP contribution is 2.23. The van der Waals surface area contributed by atoms with Crippen molar-refractivity contribution < 1.29 is 9.84 Å². The average Bonchev–Trinajstić information content (AvgIpc) is 2.69. The molecule has 4 nitrogen and oxygen atoms in total. The molecule has 1 N–H and O–H groups in total. The van der Waals surface area contributed by atoms with Crippen molar-refractivity contribution in [1.29, 1.82) is 0 Å². The predicted octanol–water partition coefficient (Wildman–Crippen LogP) is 2.91. The molecule has 0 saturated carbocycles. The molecule has 2 rings (SSSR count). The van der Waals surface area contributed by atoms with Gasteiger partial charge in [-0.3, -0.25) is 0 Å². The second kappa shape index (κ2) is 5.73. The highest BCUT2D eigenvalue weighted by atomic mass is 79.9. The average molecular weight is 332 g/mol. The molecule has 1 heterocycles. The van der Waals surface area contributed by atoms with E-state index in [9.17, 15) is 0 Å². The van der Waals surface area contributed by atoms with E-state index in [0.29, 0.717) is 17.5 Å². The maximum atomic E-state index is 9.16. The van der Waals surface area contributed by atoms with Crippen LogP contribution in [0.1, 0.15) is 11.4 Å². The van der Waals surface area contributed by atoms with Gasteiger partial charge in [0, 0.05) is 11.5 Å². The van der Waals surface area contributed by atoms with Gasteiger partial charge in [0.25, 0.3) is 0 Å². The molecule has 18 heavy (non-hydrogen) atoms. The van der Waals surface area contributed by atoms with Crippen LogP contribution in [0.25, 0.3) is 0 Å². The minimum Gasteiger partial charge on any atom is -0.486 e. The zero-order valence-corrected chi connectivity index (χ0v) is 12.1. The number of ether oxygens (including phenoxy) is 1. The second-order valence-electron chi connectivity index (χ2n) is 3.76. The maximum absolute atomic E-state index is 9.16. The molecule has 0 amide bonds. The number of aliphatic hydroxyl groups is 1. The lowest BCUT2D eigenvalue weighted by molar-refractivity contribution is 0.274. The van der Waals surface area contributed by atoms with Gasteiger partial charge >= 0.3 is 0 Å². The monoisotopic (exact) mass is 330 g/mol. The van der Waals surface area contributed by atoms with Gasteiger partial charge in [-0.2, -0.15) is 0 Å². The summed E-state index contributed by atoms with van der Waals surface area (Å²) >= 11 is 9.24. The molecule has 1 aromatic heterocycles. The third kappa shape index (κ3) is 2.85. The third-order valence-corrected chi connectivity index (χ3v) is 3.71. The zero-order valence-electron chi connectivity index (χ0n) is 9.73. The van der Waals surface area contributed by atoms with Gasteiger partial charge in [-0.15, -0.1) is 0 Å². The standard InChI is InChI=1S/C12H12BrClN2O2/c1-16-11(14)5-15-12(16)7-18-9-2-3-10(13)8(4-9)6-17/h2-5,17H,6-7H2,1H3. The van der Waals surface area contributed by atoms with Gasteiger partial charge in [0.1, 0.15) is 23.3 Å². The first-order chi connectivity index (χ1) is 8.61. The summed E-state index contributed by atoms with van der Waals surface area (Å²) in [5, 5.41) is 9.73. The molecule has 2 aromatic rings. The molecule has 0 aliphatic carbocycles. The Balaban J connectivity index is 2.08. The van der Waals surface area contributed by atoms with Crippen LogP contribution in [0.3, 0.4) is 0 Å². The van der Waals surface area contributed by atoms with Gasteiger partial charge < -0.3 is 14.4 Å². The SMILES string of the molecule is Cn1c(Cl)cnc1COc1ccc(Br)c(CO)c1. The van der Waals surface area contributed by atoms with Crippen molar-refractivity contribution in [3.8, 4) is 5.75 Å². The Labute approximate surface area is 118 Å². The highest BCUT2D eigenvalue weighted by molar-refractivity contribution is 9.10. The first kappa shape index (κ1) is 13.4. The summed E-state index contributed by atoms with van der Waals surface area (Å²) in [6.45, 7) is 0.293. The van der Waals surface area contributed by atoms with Crippen molar-refractivity contribution in [3.05, 3.63) is 45.4 Å². The molecule has 0 bridgehead atoms. The van der Waals surface area contributed by atoms with Gasteiger partial charge in [-0.1, -0.05) is 27.5 Å². The number of nitrogens with zero attached hydrogens (tertiary/aromatic N) is 2. The molecule has 0 spiro atoms. The van der Waals surface area contributed by atoms with Crippen LogP contribution in [0.4, 0.5) is 0 Å². The highest BCUT2D eigenvalue weighted by Gasteiger charge is 2.06. The first-order valence-electron chi connectivity index (χ1n) is 5.30. The summed E-state index contributed by atoms with van der Waals surface area (Å²) in [7, 11) is 1.83. The smallest absolute Gasteiger partial charge is 0.147 e. The lowest BCUT2D eigenvalue weighted by Gasteiger charge is -2.08. The summed E-state index contributed by atoms with van der Waals surface area (Å²) in [5.41, 5.74) is 0.783. The molecule has 0 fully saturated rings. The number of aliphatic hydroxyl groups excluding tert-OH is 1. The summed E-state index contributed by atoms with van der Waals surface area (Å²) in [6, 6.07) is 5.45. The van der Waals surface area contributed by atoms with Crippen molar-refractivity contribution in [3.63, 3.8) is 0 Å². The molecular formula is C12H12BrClN2O2. The van der Waals surface area contributed by atoms with Crippen LogP contribution in [0.2, 0.25) is 5.15 Å². The van der Waals surface area contributed by atoms with Crippen molar-refractivity contribution in [2.75, 3.05) is 0 Å². The van der Waals surface area contributed by atoms with Crippen LogP contribution in [0.15, 0.2) is 28.9 Å². The van der Waals surface area contributed by atoms with Crippen molar-refractivity contribution in [2.45, 2.75) is 13.2 Å². The van der Waals surface area contributed by atoms with Crippen molar-refractivity contribution in [1.82, 2.24) is 9.55 Å². The molecule has 6 heteroatoms. The molecule has 0 radical (unpaired) electrons. The van der Waals surface area contributed by atoms with Crippen LogP contribution < -0.4 is 4.74 Å². The van der Waals surface area contributed by atoms with Crippen molar-refractivity contribution in [2.24, 2.45) is 7.05 Å². The third-order valence-electron chi connectivity index (χ3n) is 2.58. The molecule has 0 saturated heterocycles. The molecule has 0 unspecified atom stereocenters. The number of hydrogen-bond acceptors (Lipinski definition) is 3. The fourth-order valence-corrected chi connectivity index (χ4v) is 1.99. The molecular weight excluding hydrogens is 320 g/mol. The Morgan fingerprint density at radius 2 is 2.28 bits per heavy atom. The van der Waals surface area contributed by atoms with E-state index < -0.39 is 0 Å². The number of aromatic nitrogens is 2. The van der Waals surface area contributed by atoms with E-state index in [2.05, 4.69) is 20.9 Å². The van der Waals surface area contributed by atoms with Crippen LogP contribution in [0.5, 0.6) is 5.75 Å². The molecule has 0 atom stereocenters. The maximum Gasteiger partial charge on any atom is 0.147 e. The molecule has 0 aliphatic rings. The number of benzene rings is 1. The minimum atomic E-state index is -0.0357.